The molecular weight excluding hydrogens is 188 g/mol. The van der Waals surface area contributed by atoms with Gasteiger partial charge in [-0.3, -0.25) is 0 Å². The summed E-state index contributed by atoms with van der Waals surface area (Å²) >= 11 is 0. The lowest BCUT2D eigenvalue weighted by Gasteiger charge is -2.09. The highest BCUT2D eigenvalue weighted by Gasteiger charge is 2.13. The number of pyridine rings is 1. The minimum Gasteiger partial charge on any atom is -0.443 e. The third kappa shape index (κ3) is 1.91. The Bertz CT molecular complexity index is 447. The highest BCUT2D eigenvalue weighted by atomic mass is 16.3. The number of hydrogen-bond donors (Lipinski definition) is 0. The Hall–Kier alpha value is -1.64. The van der Waals surface area contributed by atoms with Crippen LogP contribution in [0.3, 0.4) is 0 Å². The van der Waals surface area contributed by atoms with Crippen LogP contribution in [0.5, 0.6) is 0 Å². The van der Waals surface area contributed by atoms with Gasteiger partial charge in [-0.05, 0) is 24.5 Å². The molecule has 0 amide bonds. The van der Waals surface area contributed by atoms with E-state index in [2.05, 4.69) is 29.9 Å². The molecule has 0 spiro atoms. The van der Waals surface area contributed by atoms with E-state index in [4.69, 9.17) is 4.42 Å². The second-order valence-electron chi connectivity index (χ2n) is 3.88. The summed E-state index contributed by atoms with van der Waals surface area (Å²) in [7, 11) is 0. The van der Waals surface area contributed by atoms with Crippen molar-refractivity contribution >= 4 is 0 Å². The highest BCUT2D eigenvalue weighted by molar-refractivity contribution is 5.54. The number of aromatic nitrogens is 2. The monoisotopic (exact) mass is 202 g/mol. The van der Waals surface area contributed by atoms with E-state index in [-0.39, 0.29) is 0 Å². The molecule has 2 aromatic rings. The van der Waals surface area contributed by atoms with Gasteiger partial charge in [0, 0.05) is 5.69 Å². The SMILES string of the molecule is Cc1ccc(C(C)C)c(-c2ncco2)n1. The smallest absolute Gasteiger partial charge is 0.245 e. The van der Waals surface area contributed by atoms with Crippen LogP contribution >= 0.6 is 0 Å². The maximum Gasteiger partial charge on any atom is 0.245 e. The van der Waals surface area contributed by atoms with E-state index in [9.17, 15) is 0 Å². The van der Waals surface area contributed by atoms with Gasteiger partial charge < -0.3 is 4.42 Å². The third-order valence-electron chi connectivity index (χ3n) is 2.32. The van der Waals surface area contributed by atoms with E-state index in [1.807, 2.05) is 13.0 Å². The maximum atomic E-state index is 5.29. The van der Waals surface area contributed by atoms with Crippen LogP contribution < -0.4 is 0 Å². The zero-order chi connectivity index (χ0) is 10.8. The quantitative estimate of drug-likeness (QED) is 0.750. The van der Waals surface area contributed by atoms with Gasteiger partial charge in [-0.25, -0.2) is 9.97 Å². The molecular formula is C12H14N2O. The molecule has 2 rings (SSSR count). The van der Waals surface area contributed by atoms with Gasteiger partial charge in [0.25, 0.3) is 0 Å². The van der Waals surface area contributed by atoms with E-state index in [0.29, 0.717) is 11.8 Å². The number of hydrogen-bond acceptors (Lipinski definition) is 3. The van der Waals surface area contributed by atoms with E-state index in [1.54, 1.807) is 12.5 Å². The van der Waals surface area contributed by atoms with Gasteiger partial charge in [0.2, 0.25) is 5.89 Å². The molecule has 0 saturated heterocycles. The first kappa shape index (κ1) is 9.90. The van der Waals surface area contributed by atoms with Crippen molar-refractivity contribution in [3.8, 4) is 11.6 Å². The van der Waals surface area contributed by atoms with E-state index >= 15 is 0 Å². The van der Waals surface area contributed by atoms with Crippen molar-refractivity contribution in [3.63, 3.8) is 0 Å². The van der Waals surface area contributed by atoms with Crippen molar-refractivity contribution in [2.75, 3.05) is 0 Å². The molecule has 2 heterocycles. The van der Waals surface area contributed by atoms with Crippen LogP contribution in [0.2, 0.25) is 0 Å². The predicted molar refractivity (Wildman–Crippen MR) is 58.6 cm³/mol. The molecule has 0 bridgehead atoms. The summed E-state index contributed by atoms with van der Waals surface area (Å²) in [6, 6.07) is 4.11. The second kappa shape index (κ2) is 3.85. The van der Waals surface area contributed by atoms with Gasteiger partial charge in [0.1, 0.15) is 12.0 Å². The van der Waals surface area contributed by atoms with Crippen LogP contribution in [0.1, 0.15) is 31.0 Å². The maximum absolute atomic E-state index is 5.29. The minimum absolute atomic E-state index is 0.417. The Labute approximate surface area is 89.2 Å². The van der Waals surface area contributed by atoms with Gasteiger partial charge in [-0.1, -0.05) is 19.9 Å². The zero-order valence-corrected chi connectivity index (χ0v) is 9.19. The molecule has 0 unspecified atom stereocenters. The van der Waals surface area contributed by atoms with E-state index in [0.717, 1.165) is 11.4 Å². The van der Waals surface area contributed by atoms with Crippen LogP contribution in [0.15, 0.2) is 29.0 Å². The molecule has 0 fully saturated rings. The molecule has 3 nitrogen and oxygen atoms in total. The van der Waals surface area contributed by atoms with Gasteiger partial charge in [0.05, 0.1) is 6.20 Å². The average Bonchev–Trinajstić information content (AvgIpc) is 2.69. The Morgan fingerprint density at radius 1 is 1.27 bits per heavy atom. The lowest BCUT2D eigenvalue weighted by Crippen LogP contribution is -1.97. The third-order valence-corrected chi connectivity index (χ3v) is 2.32. The van der Waals surface area contributed by atoms with Crippen molar-refractivity contribution in [2.45, 2.75) is 26.7 Å². The minimum atomic E-state index is 0.417. The average molecular weight is 202 g/mol. The molecule has 0 atom stereocenters. The lowest BCUT2D eigenvalue weighted by atomic mass is 10.0. The Morgan fingerprint density at radius 3 is 2.67 bits per heavy atom. The molecule has 3 heteroatoms. The van der Waals surface area contributed by atoms with E-state index in [1.165, 1.54) is 5.56 Å². The Balaban J connectivity index is 2.58. The summed E-state index contributed by atoms with van der Waals surface area (Å²) in [4.78, 5) is 8.62. The number of nitrogens with zero attached hydrogens (tertiary/aromatic N) is 2. The summed E-state index contributed by atoms with van der Waals surface area (Å²) in [5.41, 5.74) is 3.01. The first-order chi connectivity index (χ1) is 7.18. The van der Waals surface area contributed by atoms with Crippen molar-refractivity contribution in [3.05, 3.63) is 35.9 Å². The largest absolute Gasteiger partial charge is 0.443 e. The van der Waals surface area contributed by atoms with Crippen molar-refractivity contribution in [2.24, 2.45) is 0 Å². The standard InChI is InChI=1S/C12H14N2O/c1-8(2)10-5-4-9(3)14-11(10)12-13-6-7-15-12/h4-8H,1-3H3. The fourth-order valence-electron chi connectivity index (χ4n) is 1.55. The molecule has 0 aromatic carbocycles. The molecule has 2 aromatic heterocycles. The Kier molecular flexibility index (Phi) is 2.54. The first-order valence-corrected chi connectivity index (χ1v) is 5.06. The van der Waals surface area contributed by atoms with Crippen LogP contribution in [-0.2, 0) is 0 Å². The molecule has 0 aliphatic rings. The van der Waals surface area contributed by atoms with Gasteiger partial charge in [-0.15, -0.1) is 0 Å². The molecule has 0 N–H and O–H groups in total. The Morgan fingerprint density at radius 2 is 2.07 bits per heavy atom. The summed E-state index contributed by atoms with van der Waals surface area (Å²) in [5.74, 6) is 1.02. The van der Waals surface area contributed by atoms with E-state index < -0.39 is 0 Å². The zero-order valence-electron chi connectivity index (χ0n) is 9.19. The van der Waals surface area contributed by atoms with Gasteiger partial charge >= 0.3 is 0 Å². The summed E-state index contributed by atoms with van der Waals surface area (Å²) in [6.45, 7) is 6.24. The summed E-state index contributed by atoms with van der Waals surface area (Å²) in [5, 5.41) is 0. The molecule has 0 aliphatic heterocycles. The number of aryl methyl sites for hydroxylation is 1. The second-order valence-corrected chi connectivity index (χ2v) is 3.88. The first-order valence-electron chi connectivity index (χ1n) is 5.06. The van der Waals surface area contributed by atoms with Crippen molar-refractivity contribution in [1.29, 1.82) is 0 Å². The van der Waals surface area contributed by atoms with Crippen molar-refractivity contribution < 1.29 is 4.42 Å². The predicted octanol–water partition coefficient (Wildman–Crippen LogP) is 3.17. The summed E-state index contributed by atoms with van der Waals surface area (Å²) in [6.07, 6.45) is 3.22. The molecule has 78 valence electrons. The van der Waals surface area contributed by atoms with Crippen LogP contribution in [0, 0.1) is 6.92 Å². The lowest BCUT2D eigenvalue weighted by molar-refractivity contribution is 0.570. The number of oxazole rings is 1. The van der Waals surface area contributed by atoms with Gasteiger partial charge in [-0.2, -0.15) is 0 Å². The molecule has 0 saturated carbocycles. The normalized spacial score (nSPS) is 10.9. The molecule has 15 heavy (non-hydrogen) atoms. The van der Waals surface area contributed by atoms with Gasteiger partial charge in [0.15, 0.2) is 0 Å². The van der Waals surface area contributed by atoms with Crippen LogP contribution in [-0.4, -0.2) is 9.97 Å². The fourth-order valence-corrected chi connectivity index (χ4v) is 1.55. The highest BCUT2D eigenvalue weighted by Crippen LogP contribution is 2.26. The summed E-state index contributed by atoms with van der Waals surface area (Å²) < 4.78 is 5.29. The number of rotatable bonds is 2. The molecule has 0 radical (unpaired) electrons. The van der Waals surface area contributed by atoms with Crippen LogP contribution in [0.25, 0.3) is 11.6 Å². The van der Waals surface area contributed by atoms with Crippen molar-refractivity contribution in [1.82, 2.24) is 9.97 Å². The van der Waals surface area contributed by atoms with Crippen LogP contribution in [0.4, 0.5) is 0 Å². The fraction of sp³-hybridized carbons (Fsp3) is 0.333. The topological polar surface area (TPSA) is 38.9 Å². The molecule has 0 aliphatic carbocycles.